The number of aliphatic hydroxyl groups excluding tert-OH is 1. The molecule has 0 aliphatic carbocycles. The molecule has 2 saturated heterocycles. The summed E-state index contributed by atoms with van der Waals surface area (Å²) in [6.07, 6.45) is 5.94. The molecule has 0 bridgehead atoms. The number of aromatic nitrogens is 1. The van der Waals surface area contributed by atoms with Crippen molar-refractivity contribution in [3.63, 3.8) is 0 Å². The molecule has 1 aromatic heterocycles. The van der Waals surface area contributed by atoms with Gasteiger partial charge in [-0.3, -0.25) is 9.80 Å². The van der Waals surface area contributed by atoms with Crippen molar-refractivity contribution in [1.82, 2.24) is 14.8 Å². The highest BCUT2D eigenvalue weighted by atomic mass is 16.3. The number of rotatable bonds is 5. The maximum atomic E-state index is 10.6. The van der Waals surface area contributed by atoms with Gasteiger partial charge >= 0.3 is 0 Å². The van der Waals surface area contributed by atoms with E-state index in [1.54, 1.807) is 0 Å². The van der Waals surface area contributed by atoms with Gasteiger partial charge in [0.25, 0.3) is 0 Å². The molecule has 4 rings (SSSR count). The van der Waals surface area contributed by atoms with E-state index in [1.807, 2.05) is 24.4 Å². The Morgan fingerprint density at radius 1 is 0.963 bits per heavy atom. The monoisotopic (exact) mass is 364 g/mol. The highest BCUT2D eigenvalue weighted by molar-refractivity contribution is 5.48. The smallest absolute Gasteiger partial charge is 0.128 e. The van der Waals surface area contributed by atoms with E-state index < -0.39 is 0 Å². The van der Waals surface area contributed by atoms with Crippen LogP contribution in [0.5, 0.6) is 0 Å². The van der Waals surface area contributed by atoms with Gasteiger partial charge in [-0.1, -0.05) is 48.6 Å². The van der Waals surface area contributed by atoms with Crippen molar-refractivity contribution in [1.29, 1.82) is 0 Å². The minimum Gasteiger partial charge on any atom is -0.390 e. The quantitative estimate of drug-likeness (QED) is 0.879. The summed E-state index contributed by atoms with van der Waals surface area (Å²) in [5.74, 6) is 1.05. The van der Waals surface area contributed by atoms with Crippen molar-refractivity contribution in [3.05, 3.63) is 66.4 Å². The number of nitrogens with zero attached hydrogens (tertiary/aromatic N) is 4. The molecule has 2 atom stereocenters. The van der Waals surface area contributed by atoms with Crippen LogP contribution in [0, 0.1) is 0 Å². The molecular formula is C22H28N4O. The lowest BCUT2D eigenvalue weighted by Gasteiger charge is -2.39. The third-order valence-corrected chi connectivity index (χ3v) is 5.56. The summed E-state index contributed by atoms with van der Waals surface area (Å²) in [6.45, 7) is 6.46. The number of pyridine rings is 1. The minimum atomic E-state index is -0.267. The number of hydrogen-bond acceptors (Lipinski definition) is 5. The van der Waals surface area contributed by atoms with E-state index in [9.17, 15) is 5.11 Å². The summed E-state index contributed by atoms with van der Waals surface area (Å²) in [6, 6.07) is 16.7. The highest BCUT2D eigenvalue weighted by Gasteiger charge is 2.36. The molecule has 1 aromatic carbocycles. The molecule has 0 spiro atoms. The Hall–Kier alpha value is -2.21. The van der Waals surface area contributed by atoms with Crippen LogP contribution >= 0.6 is 0 Å². The van der Waals surface area contributed by atoms with Gasteiger partial charge in [-0.25, -0.2) is 4.98 Å². The fourth-order valence-corrected chi connectivity index (χ4v) is 4.08. The second-order valence-corrected chi connectivity index (χ2v) is 7.38. The van der Waals surface area contributed by atoms with E-state index in [2.05, 4.69) is 62.2 Å². The fourth-order valence-electron chi connectivity index (χ4n) is 4.08. The van der Waals surface area contributed by atoms with Crippen molar-refractivity contribution >= 4 is 11.9 Å². The number of aliphatic hydroxyl groups is 1. The second kappa shape index (κ2) is 8.65. The summed E-state index contributed by atoms with van der Waals surface area (Å²) in [5.41, 5.74) is 1.22. The Labute approximate surface area is 161 Å². The normalized spacial score (nSPS) is 24.7. The summed E-state index contributed by atoms with van der Waals surface area (Å²) < 4.78 is 0. The van der Waals surface area contributed by atoms with Crippen LogP contribution in [0.3, 0.4) is 0 Å². The van der Waals surface area contributed by atoms with Gasteiger partial charge in [0.1, 0.15) is 5.82 Å². The zero-order chi connectivity index (χ0) is 18.5. The van der Waals surface area contributed by atoms with Gasteiger partial charge < -0.3 is 10.0 Å². The van der Waals surface area contributed by atoms with Crippen LogP contribution in [-0.4, -0.2) is 77.8 Å². The minimum absolute atomic E-state index is 0.237. The lowest BCUT2D eigenvalue weighted by Crippen LogP contribution is -2.54. The van der Waals surface area contributed by atoms with Crippen LogP contribution in [0.1, 0.15) is 5.56 Å². The van der Waals surface area contributed by atoms with Crippen LogP contribution in [0.4, 0.5) is 5.82 Å². The van der Waals surface area contributed by atoms with Crippen molar-refractivity contribution in [3.8, 4) is 0 Å². The third kappa shape index (κ3) is 4.56. The second-order valence-electron chi connectivity index (χ2n) is 7.38. The molecule has 27 heavy (non-hydrogen) atoms. The van der Waals surface area contributed by atoms with E-state index in [-0.39, 0.29) is 12.1 Å². The molecule has 1 N–H and O–H groups in total. The van der Waals surface area contributed by atoms with Crippen LogP contribution in [-0.2, 0) is 0 Å². The Morgan fingerprint density at radius 3 is 2.48 bits per heavy atom. The van der Waals surface area contributed by atoms with E-state index in [0.29, 0.717) is 0 Å². The first kappa shape index (κ1) is 18.2. The first-order valence-electron chi connectivity index (χ1n) is 9.81. The molecular weight excluding hydrogens is 336 g/mol. The van der Waals surface area contributed by atoms with Gasteiger partial charge in [-0.15, -0.1) is 0 Å². The van der Waals surface area contributed by atoms with Crippen molar-refractivity contribution < 1.29 is 5.11 Å². The predicted molar refractivity (Wildman–Crippen MR) is 110 cm³/mol. The molecule has 5 nitrogen and oxygen atoms in total. The van der Waals surface area contributed by atoms with Gasteiger partial charge in [0.05, 0.1) is 6.10 Å². The van der Waals surface area contributed by atoms with Gasteiger partial charge in [-0.2, -0.15) is 0 Å². The SMILES string of the molecule is O[C@@H]1CN(C/C=C/c2ccccc2)C[C@H]1N1CCN(c2ccccn2)CC1. The van der Waals surface area contributed by atoms with Crippen LogP contribution in [0.15, 0.2) is 60.8 Å². The summed E-state index contributed by atoms with van der Waals surface area (Å²) in [7, 11) is 0. The molecule has 0 amide bonds. The van der Waals surface area contributed by atoms with Crippen LogP contribution < -0.4 is 4.90 Å². The molecule has 2 fully saturated rings. The molecule has 3 heterocycles. The van der Waals surface area contributed by atoms with Crippen LogP contribution in [0.25, 0.3) is 6.08 Å². The summed E-state index contributed by atoms with van der Waals surface area (Å²) in [4.78, 5) is 11.6. The predicted octanol–water partition coefficient (Wildman–Crippen LogP) is 1.96. The maximum absolute atomic E-state index is 10.6. The van der Waals surface area contributed by atoms with Gasteiger partial charge in [0.15, 0.2) is 0 Å². The summed E-state index contributed by atoms with van der Waals surface area (Å²) in [5, 5.41) is 10.6. The van der Waals surface area contributed by atoms with E-state index >= 15 is 0 Å². The Kier molecular flexibility index (Phi) is 5.82. The molecule has 5 heteroatoms. The Bertz CT molecular complexity index is 728. The number of hydrogen-bond donors (Lipinski definition) is 1. The number of β-amino-alcohol motifs (C(OH)–C–C–N with tert-alkyl or cyclic N) is 1. The highest BCUT2D eigenvalue weighted by Crippen LogP contribution is 2.20. The fraction of sp³-hybridized carbons (Fsp3) is 0.409. The molecule has 2 aromatic rings. The largest absolute Gasteiger partial charge is 0.390 e. The topological polar surface area (TPSA) is 42.8 Å². The van der Waals surface area contributed by atoms with Gasteiger partial charge in [-0.05, 0) is 17.7 Å². The molecule has 142 valence electrons. The molecule has 0 saturated carbocycles. The standard InChI is InChI=1S/C22H28N4O/c27-21-18-24(12-6-9-19-7-2-1-3-8-19)17-20(21)25-13-15-26(16-14-25)22-10-4-5-11-23-22/h1-11,20-21,27H,12-18H2/b9-6+/t20-,21-/m1/s1. The van der Waals surface area contributed by atoms with Crippen LogP contribution in [0.2, 0.25) is 0 Å². The van der Waals surface area contributed by atoms with Crippen molar-refractivity contribution in [2.75, 3.05) is 50.7 Å². The maximum Gasteiger partial charge on any atom is 0.128 e. The third-order valence-electron chi connectivity index (χ3n) is 5.56. The number of benzene rings is 1. The number of likely N-dealkylation sites (tertiary alicyclic amines) is 1. The van der Waals surface area contributed by atoms with E-state index in [4.69, 9.17) is 0 Å². The van der Waals surface area contributed by atoms with Gasteiger partial charge in [0, 0.05) is 58.1 Å². The first-order valence-corrected chi connectivity index (χ1v) is 9.81. The first-order chi connectivity index (χ1) is 13.3. The molecule has 2 aliphatic rings. The van der Waals surface area contributed by atoms with Crippen molar-refractivity contribution in [2.24, 2.45) is 0 Å². The molecule has 0 unspecified atom stereocenters. The molecule has 0 radical (unpaired) electrons. The Morgan fingerprint density at radius 2 is 1.74 bits per heavy atom. The summed E-state index contributed by atoms with van der Waals surface area (Å²) >= 11 is 0. The van der Waals surface area contributed by atoms with E-state index in [0.717, 1.165) is 51.6 Å². The zero-order valence-corrected chi connectivity index (χ0v) is 15.7. The lowest BCUT2D eigenvalue weighted by atomic mass is 10.1. The van der Waals surface area contributed by atoms with Crippen molar-refractivity contribution in [2.45, 2.75) is 12.1 Å². The molecule has 2 aliphatic heterocycles. The zero-order valence-electron chi connectivity index (χ0n) is 15.7. The number of piperazine rings is 1. The lowest BCUT2D eigenvalue weighted by molar-refractivity contribution is 0.0790. The van der Waals surface area contributed by atoms with E-state index in [1.165, 1.54) is 5.56 Å². The average molecular weight is 364 g/mol. The van der Waals surface area contributed by atoms with Gasteiger partial charge in [0.2, 0.25) is 0 Å². The average Bonchev–Trinajstić information content (AvgIpc) is 3.10. The Balaban J connectivity index is 1.27. The number of anilines is 1.